The van der Waals surface area contributed by atoms with Crippen LogP contribution in [-0.4, -0.2) is 22.8 Å². The van der Waals surface area contributed by atoms with Crippen molar-refractivity contribution in [1.82, 2.24) is 9.55 Å². The summed E-state index contributed by atoms with van der Waals surface area (Å²) in [5, 5.41) is 0.635. The van der Waals surface area contributed by atoms with Crippen molar-refractivity contribution >= 4 is 26.8 Å². The SMILES string of the molecule is CCCOCCn1cnc2cc(Br)ccc2c1=O. The van der Waals surface area contributed by atoms with Gasteiger partial charge in [-0.1, -0.05) is 22.9 Å². The van der Waals surface area contributed by atoms with E-state index < -0.39 is 0 Å². The van der Waals surface area contributed by atoms with Crippen molar-refractivity contribution in [3.05, 3.63) is 39.4 Å². The first-order valence-corrected chi connectivity index (χ1v) is 6.74. The highest BCUT2D eigenvalue weighted by atomic mass is 79.9. The molecule has 0 saturated heterocycles. The molecule has 96 valence electrons. The molecule has 0 bridgehead atoms. The minimum Gasteiger partial charge on any atom is -0.380 e. The van der Waals surface area contributed by atoms with Crippen molar-refractivity contribution in [3.8, 4) is 0 Å². The van der Waals surface area contributed by atoms with E-state index in [9.17, 15) is 4.79 Å². The van der Waals surface area contributed by atoms with Gasteiger partial charge in [0.15, 0.2) is 0 Å². The zero-order chi connectivity index (χ0) is 13.0. The van der Waals surface area contributed by atoms with E-state index in [0.717, 1.165) is 17.5 Å². The van der Waals surface area contributed by atoms with Crippen LogP contribution in [0, 0.1) is 0 Å². The van der Waals surface area contributed by atoms with Crippen LogP contribution in [0.1, 0.15) is 13.3 Å². The van der Waals surface area contributed by atoms with Crippen molar-refractivity contribution < 1.29 is 4.74 Å². The molecule has 0 saturated carbocycles. The molecule has 0 atom stereocenters. The Balaban J connectivity index is 2.23. The van der Waals surface area contributed by atoms with Gasteiger partial charge in [0.1, 0.15) is 0 Å². The van der Waals surface area contributed by atoms with Gasteiger partial charge in [-0.2, -0.15) is 0 Å². The molecule has 5 heteroatoms. The maximum atomic E-state index is 12.2. The molecule has 0 aliphatic heterocycles. The van der Waals surface area contributed by atoms with Crippen LogP contribution in [0.3, 0.4) is 0 Å². The number of aromatic nitrogens is 2. The van der Waals surface area contributed by atoms with Gasteiger partial charge in [0.25, 0.3) is 5.56 Å². The Morgan fingerprint density at radius 1 is 1.39 bits per heavy atom. The number of hydrogen-bond acceptors (Lipinski definition) is 3. The third-order valence-electron chi connectivity index (χ3n) is 2.61. The van der Waals surface area contributed by atoms with E-state index in [1.54, 1.807) is 17.0 Å². The predicted molar refractivity (Wildman–Crippen MR) is 74.8 cm³/mol. The van der Waals surface area contributed by atoms with Crippen LogP contribution in [0.5, 0.6) is 0 Å². The highest BCUT2D eigenvalue weighted by Crippen LogP contribution is 2.14. The molecule has 2 rings (SSSR count). The van der Waals surface area contributed by atoms with E-state index in [2.05, 4.69) is 27.8 Å². The first kappa shape index (κ1) is 13.2. The summed E-state index contributed by atoms with van der Waals surface area (Å²) in [6, 6.07) is 5.48. The Kier molecular flexibility index (Phi) is 4.49. The van der Waals surface area contributed by atoms with E-state index in [0.29, 0.717) is 24.1 Å². The molecule has 0 radical (unpaired) electrons. The Bertz CT molecular complexity index is 595. The largest absolute Gasteiger partial charge is 0.380 e. The monoisotopic (exact) mass is 310 g/mol. The summed E-state index contributed by atoms with van der Waals surface area (Å²) in [7, 11) is 0. The van der Waals surface area contributed by atoms with Crippen LogP contribution in [0.15, 0.2) is 33.8 Å². The average Bonchev–Trinajstić information content (AvgIpc) is 2.37. The average molecular weight is 311 g/mol. The summed E-state index contributed by atoms with van der Waals surface area (Å²) in [5.41, 5.74) is 0.688. The summed E-state index contributed by atoms with van der Waals surface area (Å²) in [6.07, 6.45) is 2.56. The lowest BCUT2D eigenvalue weighted by Gasteiger charge is -2.07. The lowest BCUT2D eigenvalue weighted by Crippen LogP contribution is -2.22. The molecule has 18 heavy (non-hydrogen) atoms. The van der Waals surface area contributed by atoms with E-state index in [4.69, 9.17) is 4.74 Å². The minimum atomic E-state index is -0.0207. The van der Waals surface area contributed by atoms with Crippen molar-refractivity contribution in [2.24, 2.45) is 0 Å². The summed E-state index contributed by atoms with van der Waals surface area (Å²) < 4.78 is 7.89. The van der Waals surface area contributed by atoms with Gasteiger partial charge >= 0.3 is 0 Å². The first-order valence-electron chi connectivity index (χ1n) is 5.95. The van der Waals surface area contributed by atoms with Crippen molar-refractivity contribution in [2.75, 3.05) is 13.2 Å². The summed E-state index contributed by atoms with van der Waals surface area (Å²) in [5.74, 6) is 0. The Morgan fingerprint density at radius 2 is 2.22 bits per heavy atom. The molecule has 1 aromatic carbocycles. The molecule has 4 nitrogen and oxygen atoms in total. The number of fused-ring (bicyclic) bond motifs is 1. The van der Waals surface area contributed by atoms with E-state index >= 15 is 0 Å². The Labute approximate surface area is 114 Å². The van der Waals surface area contributed by atoms with E-state index in [1.165, 1.54) is 0 Å². The molecule has 0 unspecified atom stereocenters. The molecular formula is C13H15BrN2O2. The minimum absolute atomic E-state index is 0.0207. The van der Waals surface area contributed by atoms with Crippen LogP contribution in [0.2, 0.25) is 0 Å². The van der Waals surface area contributed by atoms with E-state index in [-0.39, 0.29) is 5.56 Å². The van der Waals surface area contributed by atoms with Crippen LogP contribution in [0.4, 0.5) is 0 Å². The van der Waals surface area contributed by atoms with Gasteiger partial charge < -0.3 is 4.74 Å². The summed E-state index contributed by atoms with van der Waals surface area (Å²) in [6.45, 7) is 3.86. The van der Waals surface area contributed by atoms with Crippen LogP contribution >= 0.6 is 15.9 Å². The number of ether oxygens (including phenoxy) is 1. The van der Waals surface area contributed by atoms with Crippen LogP contribution < -0.4 is 5.56 Å². The topological polar surface area (TPSA) is 44.1 Å². The zero-order valence-electron chi connectivity index (χ0n) is 10.2. The molecule has 0 aliphatic carbocycles. The fourth-order valence-corrected chi connectivity index (χ4v) is 2.05. The van der Waals surface area contributed by atoms with Crippen molar-refractivity contribution in [1.29, 1.82) is 0 Å². The second-order valence-electron chi connectivity index (χ2n) is 4.02. The molecule has 2 aromatic rings. The lowest BCUT2D eigenvalue weighted by atomic mass is 10.2. The molecule has 0 aliphatic rings. The van der Waals surface area contributed by atoms with Crippen LogP contribution in [-0.2, 0) is 11.3 Å². The summed E-state index contributed by atoms with van der Waals surface area (Å²) in [4.78, 5) is 16.4. The van der Waals surface area contributed by atoms with Crippen molar-refractivity contribution in [2.45, 2.75) is 19.9 Å². The second kappa shape index (κ2) is 6.11. The number of benzene rings is 1. The maximum absolute atomic E-state index is 12.2. The van der Waals surface area contributed by atoms with Gasteiger partial charge in [-0.3, -0.25) is 9.36 Å². The molecular weight excluding hydrogens is 296 g/mol. The normalized spacial score (nSPS) is 11.0. The van der Waals surface area contributed by atoms with Gasteiger partial charge in [-0.15, -0.1) is 0 Å². The lowest BCUT2D eigenvalue weighted by molar-refractivity contribution is 0.126. The van der Waals surface area contributed by atoms with Gasteiger partial charge in [-0.25, -0.2) is 4.98 Å². The molecule has 1 aromatic heterocycles. The first-order chi connectivity index (χ1) is 8.72. The smallest absolute Gasteiger partial charge is 0.261 e. The number of nitrogens with zero attached hydrogens (tertiary/aromatic N) is 2. The standard InChI is InChI=1S/C13H15BrN2O2/c1-2-6-18-7-5-16-9-15-12-8-10(14)3-4-11(12)13(16)17/h3-4,8-9H,2,5-7H2,1H3. The van der Waals surface area contributed by atoms with Crippen molar-refractivity contribution in [3.63, 3.8) is 0 Å². The van der Waals surface area contributed by atoms with Crippen LogP contribution in [0.25, 0.3) is 10.9 Å². The Hall–Kier alpha value is -1.20. The zero-order valence-corrected chi connectivity index (χ0v) is 11.8. The Morgan fingerprint density at radius 3 is 3.00 bits per heavy atom. The molecule has 0 N–H and O–H groups in total. The summed E-state index contributed by atoms with van der Waals surface area (Å²) >= 11 is 3.37. The predicted octanol–water partition coefficient (Wildman–Crippen LogP) is 2.59. The molecule has 1 heterocycles. The molecule has 0 spiro atoms. The third kappa shape index (κ3) is 2.97. The maximum Gasteiger partial charge on any atom is 0.261 e. The number of halogens is 1. The van der Waals surface area contributed by atoms with E-state index in [1.807, 2.05) is 12.1 Å². The van der Waals surface area contributed by atoms with Gasteiger partial charge in [-0.05, 0) is 24.6 Å². The quantitative estimate of drug-likeness (QED) is 0.797. The highest BCUT2D eigenvalue weighted by Gasteiger charge is 2.04. The fraction of sp³-hybridized carbons (Fsp3) is 0.385. The highest BCUT2D eigenvalue weighted by molar-refractivity contribution is 9.10. The van der Waals surface area contributed by atoms with Gasteiger partial charge in [0, 0.05) is 11.1 Å². The molecule has 0 fully saturated rings. The van der Waals surface area contributed by atoms with Gasteiger partial charge in [0.05, 0.1) is 30.4 Å². The second-order valence-corrected chi connectivity index (χ2v) is 4.93. The third-order valence-corrected chi connectivity index (χ3v) is 3.11. The number of hydrogen-bond donors (Lipinski definition) is 0. The fourth-order valence-electron chi connectivity index (χ4n) is 1.70. The molecule has 0 amide bonds. The number of rotatable bonds is 5. The van der Waals surface area contributed by atoms with Gasteiger partial charge in [0.2, 0.25) is 0 Å².